The lowest BCUT2D eigenvalue weighted by molar-refractivity contribution is -0.140. The Morgan fingerprint density at radius 2 is 2.58 bits per heavy atom. The van der Waals surface area contributed by atoms with Crippen molar-refractivity contribution in [1.29, 1.82) is 0 Å². The average Bonchev–Trinajstić information content (AvgIpc) is 2.47. The number of hydrogen-bond acceptors (Lipinski definition) is 3. The molecule has 0 aliphatic heterocycles. The van der Waals surface area contributed by atoms with Gasteiger partial charge in [0.2, 0.25) is 0 Å². The van der Waals surface area contributed by atoms with E-state index in [1.54, 1.807) is 0 Å². The van der Waals surface area contributed by atoms with Gasteiger partial charge in [0.25, 0.3) is 0 Å². The summed E-state index contributed by atoms with van der Waals surface area (Å²) < 4.78 is 18.1. The molecule has 5 heteroatoms. The first-order valence-corrected chi connectivity index (χ1v) is 3.47. The number of carbonyl (C=O) groups is 1. The summed E-state index contributed by atoms with van der Waals surface area (Å²) in [6.07, 6.45) is 2.53. The molecule has 0 saturated carbocycles. The average molecular weight is 172 g/mol. The zero-order chi connectivity index (χ0) is 8.97. The number of methoxy groups -OCH3 is 1. The molecule has 1 aromatic rings. The van der Waals surface area contributed by atoms with Crippen molar-refractivity contribution < 1.29 is 13.9 Å². The van der Waals surface area contributed by atoms with E-state index in [1.807, 2.05) is 0 Å². The Labute approximate surface area is 68.9 Å². The number of nitrogens with zero attached hydrogens (tertiary/aromatic N) is 2. The van der Waals surface area contributed by atoms with Crippen LogP contribution in [0.2, 0.25) is 0 Å². The molecule has 0 spiro atoms. The predicted molar refractivity (Wildman–Crippen MR) is 38.8 cm³/mol. The molecular weight excluding hydrogens is 163 g/mol. The topological polar surface area (TPSA) is 44.1 Å². The summed E-state index contributed by atoms with van der Waals surface area (Å²) in [5.74, 6) is -0.731. The predicted octanol–water partition coefficient (Wildman–Crippen LogP) is 0.585. The Hall–Kier alpha value is -1.39. The van der Waals surface area contributed by atoms with Crippen LogP contribution >= 0.6 is 0 Å². The van der Waals surface area contributed by atoms with Crippen LogP contribution in [0.1, 0.15) is 6.42 Å². The van der Waals surface area contributed by atoms with Crippen LogP contribution in [-0.2, 0) is 16.1 Å². The monoisotopic (exact) mass is 172 g/mol. The minimum absolute atomic E-state index is 0.206. The number of halogens is 1. The van der Waals surface area contributed by atoms with Gasteiger partial charge in [-0.15, -0.1) is 0 Å². The van der Waals surface area contributed by atoms with E-state index in [9.17, 15) is 9.18 Å². The Balaban J connectivity index is 2.38. The molecule has 0 saturated heterocycles. The van der Waals surface area contributed by atoms with Crippen LogP contribution in [0.5, 0.6) is 0 Å². The molecule has 12 heavy (non-hydrogen) atoms. The molecule has 0 unspecified atom stereocenters. The van der Waals surface area contributed by atoms with Crippen molar-refractivity contribution in [3.05, 3.63) is 18.2 Å². The quantitative estimate of drug-likeness (QED) is 0.626. The molecule has 0 radical (unpaired) electrons. The molecule has 1 aromatic heterocycles. The van der Waals surface area contributed by atoms with Gasteiger partial charge in [-0.05, 0) is 0 Å². The fourth-order valence-electron chi connectivity index (χ4n) is 0.769. The smallest absolute Gasteiger partial charge is 0.307 e. The lowest BCUT2D eigenvalue weighted by Crippen LogP contribution is -2.07. The van der Waals surface area contributed by atoms with Crippen LogP contribution in [0.4, 0.5) is 4.39 Å². The molecule has 0 aliphatic rings. The van der Waals surface area contributed by atoms with Crippen molar-refractivity contribution >= 4 is 5.97 Å². The van der Waals surface area contributed by atoms with Crippen LogP contribution in [0, 0.1) is 5.82 Å². The highest BCUT2D eigenvalue weighted by Gasteiger charge is 2.01. The van der Waals surface area contributed by atoms with E-state index < -0.39 is 5.82 Å². The van der Waals surface area contributed by atoms with Gasteiger partial charge in [0, 0.05) is 0 Å². The molecular formula is C7H9FN2O2. The molecule has 0 aromatic carbocycles. The first-order chi connectivity index (χ1) is 5.72. The van der Waals surface area contributed by atoms with Crippen molar-refractivity contribution in [3.8, 4) is 0 Å². The van der Waals surface area contributed by atoms with Crippen molar-refractivity contribution in [2.24, 2.45) is 0 Å². The van der Waals surface area contributed by atoms with Gasteiger partial charge in [-0.1, -0.05) is 0 Å². The van der Waals surface area contributed by atoms with E-state index in [4.69, 9.17) is 0 Å². The number of esters is 1. The third-order valence-corrected chi connectivity index (χ3v) is 1.37. The second-order valence-corrected chi connectivity index (χ2v) is 2.25. The van der Waals surface area contributed by atoms with Gasteiger partial charge in [-0.2, -0.15) is 5.10 Å². The maximum Gasteiger partial charge on any atom is 0.307 e. The van der Waals surface area contributed by atoms with Crippen molar-refractivity contribution in [2.45, 2.75) is 13.0 Å². The summed E-state index contributed by atoms with van der Waals surface area (Å²) in [4.78, 5) is 10.6. The first-order valence-electron chi connectivity index (χ1n) is 3.47. The Morgan fingerprint density at radius 1 is 1.83 bits per heavy atom. The molecule has 66 valence electrons. The summed E-state index contributed by atoms with van der Waals surface area (Å²) in [6, 6.07) is 0. The maximum atomic E-state index is 12.3. The molecule has 1 heterocycles. The fourth-order valence-corrected chi connectivity index (χ4v) is 0.769. The lowest BCUT2D eigenvalue weighted by atomic mass is 10.4. The molecule has 0 N–H and O–H groups in total. The Bertz CT molecular complexity index is 272. The summed E-state index contributed by atoms with van der Waals surface area (Å²) in [6.45, 7) is 0.344. The van der Waals surface area contributed by atoms with Crippen LogP contribution in [-0.4, -0.2) is 22.9 Å². The van der Waals surface area contributed by atoms with E-state index in [1.165, 1.54) is 18.0 Å². The second kappa shape index (κ2) is 3.85. The van der Waals surface area contributed by atoms with Gasteiger partial charge in [0.05, 0.1) is 32.5 Å². The number of carbonyl (C=O) groups excluding carboxylic acids is 1. The van der Waals surface area contributed by atoms with Crippen LogP contribution in [0.3, 0.4) is 0 Å². The van der Waals surface area contributed by atoms with Gasteiger partial charge >= 0.3 is 5.97 Å². The highest BCUT2D eigenvalue weighted by Crippen LogP contribution is 1.95. The molecule has 0 aliphatic carbocycles. The first kappa shape index (κ1) is 8.70. The lowest BCUT2D eigenvalue weighted by Gasteiger charge is -1.98. The highest BCUT2D eigenvalue weighted by atomic mass is 19.1. The Morgan fingerprint density at radius 3 is 3.08 bits per heavy atom. The van der Waals surface area contributed by atoms with Gasteiger partial charge in [-0.25, -0.2) is 4.39 Å². The molecule has 0 bridgehead atoms. The number of ether oxygens (including phenoxy) is 1. The van der Waals surface area contributed by atoms with Crippen LogP contribution in [0.15, 0.2) is 12.4 Å². The minimum Gasteiger partial charge on any atom is -0.469 e. The van der Waals surface area contributed by atoms with Gasteiger partial charge < -0.3 is 4.74 Å². The number of hydrogen-bond donors (Lipinski definition) is 0. The normalized spacial score (nSPS) is 9.83. The van der Waals surface area contributed by atoms with E-state index in [0.29, 0.717) is 6.54 Å². The molecule has 4 nitrogen and oxygen atoms in total. The summed E-state index contributed by atoms with van der Waals surface area (Å²) in [7, 11) is 1.31. The largest absolute Gasteiger partial charge is 0.469 e. The molecule has 0 fully saturated rings. The summed E-state index contributed by atoms with van der Waals surface area (Å²) >= 11 is 0. The van der Waals surface area contributed by atoms with Gasteiger partial charge in [-0.3, -0.25) is 9.48 Å². The summed E-state index contributed by atoms with van der Waals surface area (Å²) in [5, 5.41) is 3.66. The van der Waals surface area contributed by atoms with E-state index in [2.05, 4.69) is 9.84 Å². The van der Waals surface area contributed by atoms with Gasteiger partial charge in [0.15, 0.2) is 5.82 Å². The molecule has 1 rings (SSSR count). The van der Waals surface area contributed by atoms with Crippen LogP contribution in [0.25, 0.3) is 0 Å². The van der Waals surface area contributed by atoms with E-state index >= 15 is 0 Å². The second-order valence-electron chi connectivity index (χ2n) is 2.25. The fraction of sp³-hybridized carbons (Fsp3) is 0.429. The maximum absolute atomic E-state index is 12.3. The van der Waals surface area contributed by atoms with Crippen molar-refractivity contribution in [2.75, 3.05) is 7.11 Å². The standard InChI is InChI=1S/C7H9FN2O2/c1-12-7(11)2-3-10-5-6(8)4-9-10/h4-5H,2-3H2,1H3. The zero-order valence-electron chi connectivity index (χ0n) is 6.66. The van der Waals surface area contributed by atoms with Crippen molar-refractivity contribution in [3.63, 3.8) is 0 Å². The Kier molecular flexibility index (Phi) is 2.79. The van der Waals surface area contributed by atoms with Crippen molar-refractivity contribution in [1.82, 2.24) is 9.78 Å². The van der Waals surface area contributed by atoms with Gasteiger partial charge in [0.1, 0.15) is 0 Å². The number of aromatic nitrogens is 2. The SMILES string of the molecule is COC(=O)CCn1cc(F)cn1. The highest BCUT2D eigenvalue weighted by molar-refractivity contribution is 5.68. The number of aryl methyl sites for hydroxylation is 1. The minimum atomic E-state index is -0.403. The summed E-state index contributed by atoms with van der Waals surface area (Å²) in [5.41, 5.74) is 0. The molecule has 0 amide bonds. The number of rotatable bonds is 3. The van der Waals surface area contributed by atoms with E-state index in [0.717, 1.165) is 6.20 Å². The third-order valence-electron chi connectivity index (χ3n) is 1.37. The molecule has 0 atom stereocenters. The van der Waals surface area contributed by atoms with Crippen LogP contribution < -0.4 is 0 Å². The zero-order valence-corrected chi connectivity index (χ0v) is 6.66. The van der Waals surface area contributed by atoms with E-state index in [-0.39, 0.29) is 12.4 Å². The third kappa shape index (κ3) is 2.34.